The molecule has 0 unspecified atom stereocenters. The van der Waals surface area contributed by atoms with Gasteiger partial charge in [0.15, 0.2) is 5.78 Å². The van der Waals surface area contributed by atoms with Gasteiger partial charge in [-0.1, -0.05) is 51.5 Å². The Morgan fingerprint density at radius 2 is 1.80 bits per heavy atom. The van der Waals surface area contributed by atoms with E-state index in [1.807, 2.05) is 6.08 Å². The van der Waals surface area contributed by atoms with Gasteiger partial charge < -0.3 is 4.74 Å². The Hall–Kier alpha value is -1.12. The molecular formula is C17H28O3. The number of hydrogen-bond acceptors (Lipinski definition) is 3. The molecule has 1 saturated carbocycles. The zero-order valence-corrected chi connectivity index (χ0v) is 13.0. The van der Waals surface area contributed by atoms with Crippen LogP contribution in [0, 0.1) is 5.92 Å². The maximum absolute atomic E-state index is 12.0. The molecule has 0 amide bonds. The zero-order chi connectivity index (χ0) is 14.8. The smallest absolute Gasteiger partial charge is 0.341 e. The van der Waals surface area contributed by atoms with Crippen LogP contribution in [0.5, 0.6) is 0 Å². The van der Waals surface area contributed by atoms with Crippen LogP contribution in [-0.4, -0.2) is 18.4 Å². The van der Waals surface area contributed by atoms with Crippen molar-refractivity contribution in [2.45, 2.75) is 71.6 Å². The predicted molar refractivity (Wildman–Crippen MR) is 80.4 cm³/mol. The number of hydrogen-bond donors (Lipinski definition) is 0. The second-order valence-electron chi connectivity index (χ2n) is 5.73. The molecule has 1 rings (SSSR count). The number of ether oxygens (including phenoxy) is 1. The van der Waals surface area contributed by atoms with E-state index in [1.165, 1.54) is 26.2 Å². The number of unbranched alkanes of at least 4 members (excludes halogenated alkanes) is 3. The van der Waals surface area contributed by atoms with Crippen LogP contribution in [0.3, 0.4) is 0 Å². The van der Waals surface area contributed by atoms with E-state index in [-0.39, 0.29) is 11.4 Å². The highest BCUT2D eigenvalue weighted by Crippen LogP contribution is 2.26. The van der Waals surface area contributed by atoms with Crippen molar-refractivity contribution in [2.75, 3.05) is 6.61 Å². The van der Waals surface area contributed by atoms with Crippen LogP contribution in [0.25, 0.3) is 0 Å². The number of rotatable bonds is 8. The van der Waals surface area contributed by atoms with Crippen molar-refractivity contribution < 1.29 is 14.3 Å². The molecule has 3 heteroatoms. The first kappa shape index (κ1) is 16.9. The standard InChI is InChI=1S/C17H28O3/c1-3-4-5-9-12-20-17(19)16(14(2)18)13-15-10-7-6-8-11-15/h13,15H,3-12H2,1-2H3. The molecule has 114 valence electrons. The van der Waals surface area contributed by atoms with Gasteiger partial charge in [-0.15, -0.1) is 0 Å². The Bertz CT molecular complexity index is 338. The second-order valence-corrected chi connectivity index (χ2v) is 5.73. The van der Waals surface area contributed by atoms with Gasteiger partial charge in [-0.05, 0) is 32.1 Å². The van der Waals surface area contributed by atoms with Crippen molar-refractivity contribution in [2.24, 2.45) is 5.92 Å². The van der Waals surface area contributed by atoms with Gasteiger partial charge in [-0.25, -0.2) is 4.79 Å². The Morgan fingerprint density at radius 1 is 1.10 bits per heavy atom. The number of Topliss-reactive ketones (excluding diaryl/α,β-unsaturated/α-hetero) is 1. The van der Waals surface area contributed by atoms with Crippen LogP contribution in [-0.2, 0) is 14.3 Å². The van der Waals surface area contributed by atoms with Crippen molar-refractivity contribution in [1.82, 2.24) is 0 Å². The average molecular weight is 280 g/mol. The maximum atomic E-state index is 12.0. The minimum Gasteiger partial charge on any atom is -0.462 e. The van der Waals surface area contributed by atoms with Gasteiger partial charge in [-0.2, -0.15) is 0 Å². The van der Waals surface area contributed by atoms with E-state index < -0.39 is 5.97 Å². The van der Waals surface area contributed by atoms with Crippen LogP contribution < -0.4 is 0 Å². The fourth-order valence-electron chi connectivity index (χ4n) is 2.64. The SMILES string of the molecule is CCCCCCOC(=O)C(=CC1CCCCC1)C(C)=O. The Kier molecular flexibility index (Phi) is 8.24. The summed E-state index contributed by atoms with van der Waals surface area (Å²) in [4.78, 5) is 23.6. The van der Waals surface area contributed by atoms with E-state index in [2.05, 4.69) is 6.92 Å². The van der Waals surface area contributed by atoms with Crippen molar-refractivity contribution in [3.8, 4) is 0 Å². The van der Waals surface area contributed by atoms with Crippen LogP contribution in [0.4, 0.5) is 0 Å². The number of carbonyl (C=O) groups excluding carboxylic acids is 2. The average Bonchev–Trinajstić information content (AvgIpc) is 2.45. The quantitative estimate of drug-likeness (QED) is 0.220. The van der Waals surface area contributed by atoms with Crippen LogP contribution >= 0.6 is 0 Å². The fourth-order valence-corrected chi connectivity index (χ4v) is 2.64. The maximum Gasteiger partial charge on any atom is 0.341 e. The molecule has 1 aliphatic rings. The lowest BCUT2D eigenvalue weighted by Crippen LogP contribution is -2.17. The third-order valence-corrected chi connectivity index (χ3v) is 3.88. The van der Waals surface area contributed by atoms with Gasteiger partial charge in [0.1, 0.15) is 0 Å². The third-order valence-electron chi connectivity index (χ3n) is 3.88. The number of allylic oxidation sites excluding steroid dienone is 1. The normalized spacial score (nSPS) is 17.0. The van der Waals surface area contributed by atoms with E-state index in [0.717, 1.165) is 38.5 Å². The van der Waals surface area contributed by atoms with Crippen molar-refractivity contribution >= 4 is 11.8 Å². The summed E-state index contributed by atoms with van der Waals surface area (Å²) in [6.07, 6.45) is 12.0. The van der Waals surface area contributed by atoms with Crippen LogP contribution in [0.15, 0.2) is 11.6 Å². The lowest BCUT2D eigenvalue weighted by atomic mass is 9.87. The highest BCUT2D eigenvalue weighted by atomic mass is 16.5. The molecule has 0 saturated heterocycles. The topological polar surface area (TPSA) is 43.4 Å². The molecule has 0 heterocycles. The molecular weight excluding hydrogens is 252 g/mol. The largest absolute Gasteiger partial charge is 0.462 e. The first-order valence-corrected chi connectivity index (χ1v) is 8.05. The van der Waals surface area contributed by atoms with Gasteiger partial charge in [0.25, 0.3) is 0 Å². The Morgan fingerprint density at radius 3 is 2.40 bits per heavy atom. The zero-order valence-electron chi connectivity index (χ0n) is 13.0. The van der Waals surface area contributed by atoms with Gasteiger partial charge in [-0.3, -0.25) is 4.79 Å². The molecule has 0 aromatic heterocycles. The summed E-state index contributed by atoms with van der Waals surface area (Å²) < 4.78 is 5.23. The molecule has 0 bridgehead atoms. The summed E-state index contributed by atoms with van der Waals surface area (Å²) in [7, 11) is 0. The second kappa shape index (κ2) is 9.73. The summed E-state index contributed by atoms with van der Waals surface area (Å²) in [5, 5.41) is 0. The van der Waals surface area contributed by atoms with Crippen molar-refractivity contribution in [3.05, 3.63) is 11.6 Å². The highest BCUT2D eigenvalue weighted by Gasteiger charge is 2.19. The lowest BCUT2D eigenvalue weighted by molar-refractivity contribution is -0.140. The van der Waals surface area contributed by atoms with Crippen LogP contribution in [0.1, 0.15) is 71.6 Å². The molecule has 0 radical (unpaired) electrons. The summed E-state index contributed by atoms with van der Waals surface area (Å²) in [5.41, 5.74) is 0.257. The van der Waals surface area contributed by atoms with Gasteiger partial charge in [0.2, 0.25) is 0 Å². The molecule has 1 aliphatic carbocycles. The molecule has 0 atom stereocenters. The van der Waals surface area contributed by atoms with E-state index >= 15 is 0 Å². The fraction of sp³-hybridized carbons (Fsp3) is 0.765. The minimum atomic E-state index is -0.431. The summed E-state index contributed by atoms with van der Waals surface area (Å²) in [6, 6.07) is 0. The van der Waals surface area contributed by atoms with E-state index in [0.29, 0.717) is 12.5 Å². The summed E-state index contributed by atoms with van der Waals surface area (Å²) in [5.74, 6) is -0.232. The van der Waals surface area contributed by atoms with Crippen LogP contribution in [0.2, 0.25) is 0 Å². The number of ketones is 1. The van der Waals surface area contributed by atoms with Crippen molar-refractivity contribution in [1.29, 1.82) is 0 Å². The predicted octanol–water partition coefficient (Wildman–Crippen LogP) is 4.21. The van der Waals surface area contributed by atoms with Crippen molar-refractivity contribution in [3.63, 3.8) is 0 Å². The third kappa shape index (κ3) is 6.36. The van der Waals surface area contributed by atoms with E-state index in [1.54, 1.807) is 0 Å². The molecule has 3 nitrogen and oxygen atoms in total. The minimum absolute atomic E-state index is 0.172. The number of carbonyl (C=O) groups is 2. The highest BCUT2D eigenvalue weighted by molar-refractivity contribution is 6.16. The molecule has 0 N–H and O–H groups in total. The number of esters is 1. The molecule has 0 aromatic carbocycles. The molecule has 20 heavy (non-hydrogen) atoms. The Labute approximate surface area is 122 Å². The lowest BCUT2D eigenvalue weighted by Gasteiger charge is -2.18. The van der Waals surface area contributed by atoms with Gasteiger partial charge >= 0.3 is 5.97 Å². The van der Waals surface area contributed by atoms with Gasteiger partial charge in [0, 0.05) is 0 Å². The Balaban J connectivity index is 2.45. The molecule has 0 aromatic rings. The monoisotopic (exact) mass is 280 g/mol. The first-order valence-electron chi connectivity index (χ1n) is 8.05. The van der Waals surface area contributed by atoms with Gasteiger partial charge in [0.05, 0.1) is 12.2 Å². The summed E-state index contributed by atoms with van der Waals surface area (Å²) >= 11 is 0. The molecule has 0 spiro atoms. The summed E-state index contributed by atoms with van der Waals surface area (Å²) in [6.45, 7) is 4.02. The molecule has 0 aliphatic heterocycles. The molecule has 1 fully saturated rings. The first-order chi connectivity index (χ1) is 9.65. The van der Waals surface area contributed by atoms with E-state index in [4.69, 9.17) is 4.74 Å². The van der Waals surface area contributed by atoms with E-state index in [9.17, 15) is 9.59 Å².